The van der Waals surface area contributed by atoms with Gasteiger partial charge in [-0.25, -0.2) is 18.7 Å². The largest absolute Gasteiger partial charge is 0.493 e. The van der Waals surface area contributed by atoms with Gasteiger partial charge in [0.15, 0.2) is 0 Å². The van der Waals surface area contributed by atoms with E-state index in [-0.39, 0.29) is 24.9 Å². The van der Waals surface area contributed by atoms with Crippen LogP contribution in [-0.2, 0) is 17.6 Å². The molecule has 0 spiro atoms. The topological polar surface area (TPSA) is 84.3 Å². The smallest absolute Gasteiger partial charge is 0.308 e. The van der Waals surface area contributed by atoms with Crippen molar-refractivity contribution in [3.63, 3.8) is 0 Å². The van der Waals surface area contributed by atoms with Crippen LogP contribution < -0.4 is 10.1 Å². The minimum absolute atomic E-state index is 0.00194. The van der Waals surface area contributed by atoms with Gasteiger partial charge in [0.05, 0.1) is 28.5 Å². The van der Waals surface area contributed by atoms with Gasteiger partial charge in [0, 0.05) is 28.7 Å². The minimum atomic E-state index is -0.943. The van der Waals surface area contributed by atoms with E-state index in [9.17, 15) is 13.6 Å². The van der Waals surface area contributed by atoms with E-state index in [4.69, 9.17) is 9.84 Å². The molecular formula is C20H18BrF2N3O3S. The number of aliphatic carboxylic acids is 1. The van der Waals surface area contributed by atoms with Gasteiger partial charge in [-0.3, -0.25) is 4.79 Å². The summed E-state index contributed by atoms with van der Waals surface area (Å²) in [4.78, 5) is 20.8. The van der Waals surface area contributed by atoms with Gasteiger partial charge >= 0.3 is 5.97 Å². The summed E-state index contributed by atoms with van der Waals surface area (Å²) in [5.41, 5.74) is 0.592. The third-order valence-electron chi connectivity index (χ3n) is 4.09. The summed E-state index contributed by atoms with van der Waals surface area (Å²) >= 11 is 4.35. The van der Waals surface area contributed by atoms with Crippen molar-refractivity contribution in [2.75, 3.05) is 18.5 Å². The van der Waals surface area contributed by atoms with Crippen LogP contribution >= 0.6 is 27.3 Å². The van der Waals surface area contributed by atoms with Crippen molar-refractivity contribution >= 4 is 39.1 Å². The summed E-state index contributed by atoms with van der Waals surface area (Å²) in [6.45, 7) is 2.51. The number of ether oxygens (including phenoxy) is 1. The van der Waals surface area contributed by atoms with E-state index < -0.39 is 17.6 Å². The standard InChI is InChI=1S/C20H18BrF2N3O3S/c1-2-29-16-8-17(30-18(16)9-20(27)28)15-7-19(26-10-25-15)24-4-3-12-13(22)5-11(21)6-14(12)23/h5-8,10H,2-4,9H2,1H3,(H,27,28)(H,24,25,26). The Bertz CT molecular complexity index is 1040. The number of carboxylic acids is 1. The lowest BCUT2D eigenvalue weighted by Gasteiger charge is -2.08. The van der Waals surface area contributed by atoms with Crippen molar-refractivity contribution in [2.45, 2.75) is 19.8 Å². The van der Waals surface area contributed by atoms with Crippen LogP contribution in [0.25, 0.3) is 10.6 Å². The molecule has 2 heterocycles. The molecule has 10 heteroatoms. The normalized spacial score (nSPS) is 10.8. The molecule has 0 unspecified atom stereocenters. The van der Waals surface area contributed by atoms with Crippen molar-refractivity contribution in [3.8, 4) is 16.3 Å². The summed E-state index contributed by atoms with van der Waals surface area (Å²) in [5.74, 6) is -1.15. The zero-order valence-electron chi connectivity index (χ0n) is 15.9. The van der Waals surface area contributed by atoms with Crippen molar-refractivity contribution in [1.82, 2.24) is 9.97 Å². The van der Waals surface area contributed by atoms with E-state index in [0.717, 1.165) is 4.88 Å². The van der Waals surface area contributed by atoms with Crippen LogP contribution in [0.2, 0.25) is 0 Å². The molecule has 0 amide bonds. The average Bonchev–Trinajstić information content (AvgIpc) is 3.06. The third kappa shape index (κ3) is 5.51. The number of carbonyl (C=O) groups is 1. The maximum absolute atomic E-state index is 13.9. The highest BCUT2D eigenvalue weighted by Gasteiger charge is 2.16. The summed E-state index contributed by atoms with van der Waals surface area (Å²) in [6, 6.07) is 5.90. The van der Waals surface area contributed by atoms with E-state index in [0.29, 0.717) is 33.2 Å². The second kappa shape index (κ2) is 9.94. The molecule has 0 aliphatic heterocycles. The van der Waals surface area contributed by atoms with Crippen LogP contribution in [0, 0.1) is 11.6 Å². The maximum Gasteiger partial charge on any atom is 0.308 e. The van der Waals surface area contributed by atoms with E-state index in [1.807, 2.05) is 6.92 Å². The molecule has 3 aromatic rings. The third-order valence-corrected chi connectivity index (χ3v) is 5.68. The predicted molar refractivity (Wildman–Crippen MR) is 114 cm³/mol. The van der Waals surface area contributed by atoms with E-state index in [1.165, 1.54) is 29.8 Å². The molecule has 6 nitrogen and oxygen atoms in total. The number of carboxylic acid groups (broad SMARTS) is 1. The molecule has 0 aliphatic rings. The Labute approximate surface area is 184 Å². The van der Waals surface area contributed by atoms with Crippen molar-refractivity contribution in [2.24, 2.45) is 0 Å². The number of aromatic nitrogens is 2. The molecule has 2 aromatic heterocycles. The fourth-order valence-electron chi connectivity index (χ4n) is 2.79. The lowest BCUT2D eigenvalue weighted by atomic mass is 10.1. The molecule has 158 valence electrons. The van der Waals surface area contributed by atoms with Crippen molar-refractivity contribution in [3.05, 3.63) is 57.1 Å². The van der Waals surface area contributed by atoms with Gasteiger partial charge in [0.2, 0.25) is 0 Å². The van der Waals surface area contributed by atoms with Crippen LogP contribution in [0.15, 0.2) is 35.1 Å². The first-order valence-corrected chi connectivity index (χ1v) is 10.6. The first kappa shape index (κ1) is 22.1. The molecule has 1 aromatic carbocycles. The fraction of sp³-hybridized carbons (Fsp3) is 0.250. The highest BCUT2D eigenvalue weighted by atomic mass is 79.9. The molecule has 30 heavy (non-hydrogen) atoms. The lowest BCUT2D eigenvalue weighted by Crippen LogP contribution is -2.09. The van der Waals surface area contributed by atoms with Crippen LogP contribution in [0.4, 0.5) is 14.6 Å². The Morgan fingerprint density at radius 3 is 2.63 bits per heavy atom. The summed E-state index contributed by atoms with van der Waals surface area (Å²) in [6.07, 6.45) is 1.37. The first-order chi connectivity index (χ1) is 14.4. The summed E-state index contributed by atoms with van der Waals surface area (Å²) in [7, 11) is 0. The molecule has 0 saturated heterocycles. The summed E-state index contributed by atoms with van der Waals surface area (Å²) in [5, 5.41) is 12.1. The number of rotatable bonds is 9. The van der Waals surface area contributed by atoms with E-state index in [1.54, 1.807) is 12.1 Å². The zero-order chi connectivity index (χ0) is 21.7. The number of hydrogen-bond acceptors (Lipinski definition) is 6. The van der Waals surface area contributed by atoms with Gasteiger partial charge in [-0.1, -0.05) is 15.9 Å². The SMILES string of the molecule is CCOc1cc(-c2cc(NCCc3c(F)cc(Br)cc3F)ncn2)sc1CC(=O)O. The van der Waals surface area contributed by atoms with Gasteiger partial charge in [-0.15, -0.1) is 11.3 Å². The van der Waals surface area contributed by atoms with Gasteiger partial charge in [0.1, 0.15) is 29.5 Å². The fourth-order valence-corrected chi connectivity index (χ4v) is 4.26. The molecule has 0 atom stereocenters. The van der Waals surface area contributed by atoms with Crippen LogP contribution in [0.1, 0.15) is 17.4 Å². The predicted octanol–water partition coefficient (Wildman–Crippen LogP) is 4.93. The van der Waals surface area contributed by atoms with Crippen LogP contribution in [-0.4, -0.2) is 34.2 Å². The monoisotopic (exact) mass is 497 g/mol. The van der Waals surface area contributed by atoms with Crippen LogP contribution in [0.3, 0.4) is 0 Å². The molecule has 0 fully saturated rings. The number of nitrogens with zero attached hydrogens (tertiary/aromatic N) is 2. The second-order valence-electron chi connectivity index (χ2n) is 6.21. The maximum atomic E-state index is 13.9. The van der Waals surface area contributed by atoms with Crippen molar-refractivity contribution in [1.29, 1.82) is 0 Å². The second-order valence-corrected chi connectivity index (χ2v) is 8.27. The van der Waals surface area contributed by atoms with Gasteiger partial charge in [-0.05, 0) is 25.5 Å². The number of benzene rings is 1. The number of hydrogen-bond donors (Lipinski definition) is 2. The summed E-state index contributed by atoms with van der Waals surface area (Å²) < 4.78 is 33.8. The molecule has 0 saturated carbocycles. The van der Waals surface area contributed by atoms with Gasteiger partial charge < -0.3 is 15.2 Å². The molecule has 0 aliphatic carbocycles. The van der Waals surface area contributed by atoms with Gasteiger partial charge in [-0.2, -0.15) is 0 Å². The Morgan fingerprint density at radius 1 is 1.23 bits per heavy atom. The molecule has 0 radical (unpaired) electrons. The number of nitrogens with one attached hydrogen (secondary N) is 1. The molecular weight excluding hydrogens is 480 g/mol. The highest BCUT2D eigenvalue weighted by Crippen LogP contribution is 2.36. The molecule has 3 rings (SSSR count). The minimum Gasteiger partial charge on any atom is -0.493 e. The molecule has 2 N–H and O–H groups in total. The Balaban J connectivity index is 1.73. The van der Waals surface area contributed by atoms with Gasteiger partial charge in [0.25, 0.3) is 0 Å². The number of thiophene rings is 1. The lowest BCUT2D eigenvalue weighted by molar-refractivity contribution is -0.136. The van der Waals surface area contributed by atoms with Crippen molar-refractivity contribution < 1.29 is 23.4 Å². The highest BCUT2D eigenvalue weighted by molar-refractivity contribution is 9.10. The number of anilines is 1. The Hall–Kier alpha value is -2.59. The zero-order valence-corrected chi connectivity index (χ0v) is 18.3. The Morgan fingerprint density at radius 2 is 1.97 bits per heavy atom. The quantitative estimate of drug-likeness (QED) is 0.436. The van der Waals surface area contributed by atoms with E-state index in [2.05, 4.69) is 31.2 Å². The number of halogens is 3. The van der Waals surface area contributed by atoms with E-state index >= 15 is 0 Å². The van der Waals surface area contributed by atoms with Crippen LogP contribution in [0.5, 0.6) is 5.75 Å². The first-order valence-electron chi connectivity index (χ1n) is 9.04. The Kier molecular flexibility index (Phi) is 7.33. The average molecular weight is 498 g/mol. The molecule has 0 bridgehead atoms.